The summed E-state index contributed by atoms with van der Waals surface area (Å²) in [6, 6.07) is 2.12. The lowest BCUT2D eigenvalue weighted by Crippen LogP contribution is -2.49. The van der Waals surface area contributed by atoms with Gasteiger partial charge in [0.2, 0.25) is 11.0 Å². The van der Waals surface area contributed by atoms with Crippen molar-refractivity contribution in [1.82, 2.24) is 25.1 Å². The number of hydrogen-bond acceptors (Lipinski definition) is 8. The Hall–Kier alpha value is -2.13. The lowest BCUT2D eigenvalue weighted by molar-refractivity contribution is -0.117. The Morgan fingerprint density at radius 2 is 1.76 bits per heavy atom. The standard InChI is InChI=1S/C20H31N7OS/c1-19(2,3)14-11-15(23-17(22-14)20(4,5)6)27-9-7-26(8-10-27)12-16(28)24-18-25-21-13-29-18/h11,13H,7-10,12H2,1-6H3,(H,24,25,28). The van der Waals surface area contributed by atoms with Crippen LogP contribution in [0, 0.1) is 0 Å². The van der Waals surface area contributed by atoms with Gasteiger partial charge < -0.3 is 4.90 Å². The number of hydrogen-bond donors (Lipinski definition) is 1. The van der Waals surface area contributed by atoms with Crippen molar-refractivity contribution in [3.8, 4) is 0 Å². The zero-order chi connectivity index (χ0) is 21.2. The number of rotatable bonds is 4. The SMILES string of the molecule is CC(C)(C)c1cc(N2CCN(CC(=O)Nc3nncs3)CC2)nc(C(C)(C)C)n1. The summed E-state index contributed by atoms with van der Waals surface area (Å²) in [6.07, 6.45) is 0. The first-order valence-corrected chi connectivity index (χ1v) is 10.8. The molecule has 1 N–H and O–H groups in total. The van der Waals surface area contributed by atoms with E-state index < -0.39 is 0 Å². The first-order valence-electron chi connectivity index (χ1n) is 9.96. The second kappa shape index (κ2) is 8.31. The van der Waals surface area contributed by atoms with E-state index in [9.17, 15) is 4.79 Å². The normalized spacial score (nSPS) is 16.1. The van der Waals surface area contributed by atoms with Gasteiger partial charge in [-0.25, -0.2) is 9.97 Å². The predicted molar refractivity (Wildman–Crippen MR) is 117 cm³/mol. The maximum atomic E-state index is 12.2. The molecule has 8 nitrogen and oxygen atoms in total. The smallest absolute Gasteiger partial charge is 0.240 e. The molecule has 29 heavy (non-hydrogen) atoms. The fraction of sp³-hybridized carbons (Fsp3) is 0.650. The van der Waals surface area contributed by atoms with Crippen LogP contribution in [0.2, 0.25) is 0 Å². The van der Waals surface area contributed by atoms with Crippen LogP contribution < -0.4 is 10.2 Å². The predicted octanol–water partition coefficient (Wildman–Crippen LogP) is 2.68. The average Bonchev–Trinajstić information content (AvgIpc) is 3.13. The maximum Gasteiger partial charge on any atom is 0.240 e. The van der Waals surface area contributed by atoms with Crippen LogP contribution in [-0.4, -0.2) is 63.7 Å². The molecular weight excluding hydrogens is 386 g/mol. The number of nitrogens with one attached hydrogen (secondary N) is 1. The highest BCUT2D eigenvalue weighted by Crippen LogP contribution is 2.28. The largest absolute Gasteiger partial charge is 0.354 e. The van der Waals surface area contributed by atoms with E-state index in [2.05, 4.69) is 72.9 Å². The van der Waals surface area contributed by atoms with Crippen molar-refractivity contribution in [2.45, 2.75) is 52.4 Å². The van der Waals surface area contributed by atoms with E-state index in [1.807, 2.05) is 0 Å². The van der Waals surface area contributed by atoms with Gasteiger partial charge in [-0.05, 0) is 0 Å². The summed E-state index contributed by atoms with van der Waals surface area (Å²) < 4.78 is 0. The Kier molecular flexibility index (Phi) is 6.19. The quantitative estimate of drug-likeness (QED) is 0.818. The highest BCUT2D eigenvalue weighted by atomic mass is 32.1. The van der Waals surface area contributed by atoms with Crippen molar-refractivity contribution in [2.24, 2.45) is 0 Å². The average molecular weight is 418 g/mol. The van der Waals surface area contributed by atoms with Gasteiger partial charge in [-0.15, -0.1) is 10.2 Å². The van der Waals surface area contributed by atoms with Crippen molar-refractivity contribution in [1.29, 1.82) is 0 Å². The molecule has 0 radical (unpaired) electrons. The van der Waals surface area contributed by atoms with Crippen LogP contribution in [0.3, 0.4) is 0 Å². The number of amides is 1. The zero-order valence-corrected chi connectivity index (χ0v) is 19.0. The third kappa shape index (κ3) is 5.70. The molecule has 1 amide bonds. The second-order valence-corrected chi connectivity index (χ2v) is 10.3. The minimum absolute atomic E-state index is 0.0394. The molecule has 158 valence electrons. The van der Waals surface area contributed by atoms with Gasteiger partial charge >= 0.3 is 0 Å². The molecule has 2 aromatic heterocycles. The molecule has 0 unspecified atom stereocenters. The topological polar surface area (TPSA) is 87.1 Å². The summed E-state index contributed by atoms with van der Waals surface area (Å²) in [5.41, 5.74) is 2.52. The van der Waals surface area contributed by atoms with E-state index in [1.54, 1.807) is 5.51 Å². The second-order valence-electron chi connectivity index (χ2n) is 9.49. The van der Waals surface area contributed by atoms with E-state index in [4.69, 9.17) is 9.97 Å². The molecule has 9 heteroatoms. The van der Waals surface area contributed by atoms with E-state index in [1.165, 1.54) is 11.3 Å². The van der Waals surface area contributed by atoms with Gasteiger partial charge in [-0.1, -0.05) is 52.9 Å². The van der Waals surface area contributed by atoms with Crippen LogP contribution in [0.4, 0.5) is 10.9 Å². The molecule has 2 aromatic rings. The summed E-state index contributed by atoms with van der Waals surface area (Å²) in [6.45, 7) is 16.6. The Morgan fingerprint density at radius 3 is 2.31 bits per heavy atom. The first kappa shape index (κ1) is 21.6. The van der Waals surface area contributed by atoms with E-state index in [0.29, 0.717) is 11.7 Å². The Balaban J connectivity index is 1.66. The number of carbonyl (C=O) groups excluding carboxylic acids is 1. The summed E-state index contributed by atoms with van der Waals surface area (Å²) in [7, 11) is 0. The summed E-state index contributed by atoms with van der Waals surface area (Å²) >= 11 is 1.32. The molecule has 1 aliphatic rings. The van der Waals surface area contributed by atoms with Gasteiger partial charge in [0.15, 0.2) is 0 Å². The minimum Gasteiger partial charge on any atom is -0.354 e. The van der Waals surface area contributed by atoms with Gasteiger partial charge in [0, 0.05) is 43.1 Å². The number of nitrogens with zero attached hydrogens (tertiary/aromatic N) is 6. The summed E-state index contributed by atoms with van der Waals surface area (Å²) in [5, 5.41) is 10.9. The number of aromatic nitrogens is 4. The van der Waals surface area contributed by atoms with Gasteiger partial charge in [0.05, 0.1) is 12.2 Å². The first-order chi connectivity index (χ1) is 13.5. The minimum atomic E-state index is -0.111. The fourth-order valence-corrected chi connectivity index (χ4v) is 3.50. The summed E-state index contributed by atoms with van der Waals surface area (Å²) in [5.74, 6) is 1.80. The lowest BCUT2D eigenvalue weighted by Gasteiger charge is -2.36. The lowest BCUT2D eigenvalue weighted by atomic mass is 9.90. The number of carbonyl (C=O) groups is 1. The highest BCUT2D eigenvalue weighted by molar-refractivity contribution is 7.13. The van der Waals surface area contributed by atoms with E-state index >= 15 is 0 Å². The molecule has 1 aliphatic heterocycles. The fourth-order valence-electron chi connectivity index (χ4n) is 3.04. The molecular formula is C20H31N7OS. The van der Waals surface area contributed by atoms with Crippen molar-refractivity contribution in [3.05, 3.63) is 23.1 Å². The number of anilines is 2. The van der Waals surface area contributed by atoms with Crippen molar-refractivity contribution >= 4 is 28.2 Å². The van der Waals surface area contributed by atoms with Crippen molar-refractivity contribution in [2.75, 3.05) is 42.9 Å². The zero-order valence-electron chi connectivity index (χ0n) is 18.2. The maximum absolute atomic E-state index is 12.2. The molecule has 0 bridgehead atoms. The molecule has 0 atom stereocenters. The van der Waals surface area contributed by atoms with Crippen molar-refractivity contribution < 1.29 is 4.79 Å². The molecule has 3 rings (SSSR count). The van der Waals surface area contributed by atoms with Crippen LogP contribution in [0.5, 0.6) is 0 Å². The molecule has 0 aromatic carbocycles. The molecule has 0 aliphatic carbocycles. The molecule has 0 saturated carbocycles. The van der Waals surface area contributed by atoms with E-state index in [-0.39, 0.29) is 16.7 Å². The van der Waals surface area contributed by atoms with Crippen LogP contribution in [0.25, 0.3) is 0 Å². The van der Waals surface area contributed by atoms with Crippen molar-refractivity contribution in [3.63, 3.8) is 0 Å². The summed E-state index contributed by atoms with van der Waals surface area (Å²) in [4.78, 5) is 26.4. The van der Waals surface area contributed by atoms with Crippen LogP contribution in [0.15, 0.2) is 11.6 Å². The van der Waals surface area contributed by atoms with Gasteiger partial charge in [-0.3, -0.25) is 15.0 Å². The molecule has 1 saturated heterocycles. The molecule has 0 spiro atoms. The Bertz CT molecular complexity index is 799. The molecule has 3 heterocycles. The number of piperazine rings is 1. The van der Waals surface area contributed by atoms with Gasteiger partial charge in [-0.2, -0.15) is 0 Å². The third-order valence-corrected chi connectivity index (χ3v) is 5.43. The monoisotopic (exact) mass is 417 g/mol. The van der Waals surface area contributed by atoms with Gasteiger partial charge in [0.25, 0.3) is 0 Å². The Morgan fingerprint density at radius 1 is 1.07 bits per heavy atom. The Labute approximate surface area is 176 Å². The molecule has 1 fully saturated rings. The van der Waals surface area contributed by atoms with Crippen LogP contribution >= 0.6 is 11.3 Å². The third-order valence-electron chi connectivity index (χ3n) is 4.82. The van der Waals surface area contributed by atoms with Gasteiger partial charge in [0.1, 0.15) is 17.2 Å². The highest BCUT2D eigenvalue weighted by Gasteiger charge is 2.27. The van der Waals surface area contributed by atoms with Crippen LogP contribution in [0.1, 0.15) is 53.1 Å². The van der Waals surface area contributed by atoms with E-state index in [0.717, 1.165) is 43.5 Å². The van der Waals surface area contributed by atoms with Crippen LogP contribution in [-0.2, 0) is 15.6 Å².